The second kappa shape index (κ2) is 7.76. The van der Waals surface area contributed by atoms with E-state index in [-0.39, 0.29) is 6.61 Å². The molecule has 0 saturated heterocycles. The summed E-state index contributed by atoms with van der Waals surface area (Å²) in [6.45, 7) is -0.00794. The number of hydrogen-bond acceptors (Lipinski definition) is 6. The van der Waals surface area contributed by atoms with E-state index in [1.165, 1.54) is 6.33 Å². The molecule has 148 valence electrons. The molecular formula is C21H22N5O3+. The summed E-state index contributed by atoms with van der Waals surface area (Å²) in [4.78, 5) is 4.37. The number of aliphatic hydroxyl groups excluding tert-OH is 1. The van der Waals surface area contributed by atoms with Gasteiger partial charge >= 0.3 is 5.88 Å². The SMILES string of the molecule is COc1ccc(Nc2cc(-c3cccc(CO)c3)cn3ncnc23)[n+](C)c1OC. The third-order valence-electron chi connectivity index (χ3n) is 4.76. The molecule has 0 fully saturated rings. The number of hydrogen-bond donors (Lipinski definition) is 2. The van der Waals surface area contributed by atoms with Crippen LogP contribution in [0.2, 0.25) is 0 Å². The number of nitrogens with one attached hydrogen (secondary N) is 1. The molecular weight excluding hydrogens is 370 g/mol. The van der Waals surface area contributed by atoms with Gasteiger partial charge in [0.05, 0.1) is 27.9 Å². The fourth-order valence-electron chi connectivity index (χ4n) is 3.29. The molecule has 4 rings (SSSR count). The van der Waals surface area contributed by atoms with E-state index in [0.29, 0.717) is 17.3 Å². The number of aliphatic hydroxyl groups is 1. The van der Waals surface area contributed by atoms with Gasteiger partial charge in [-0.3, -0.25) is 0 Å². The van der Waals surface area contributed by atoms with Crippen LogP contribution in [-0.2, 0) is 13.7 Å². The van der Waals surface area contributed by atoms with E-state index in [1.54, 1.807) is 18.7 Å². The molecule has 0 amide bonds. The van der Waals surface area contributed by atoms with Gasteiger partial charge in [0.25, 0.3) is 5.82 Å². The Morgan fingerprint density at radius 3 is 2.72 bits per heavy atom. The molecule has 0 spiro atoms. The Kier molecular flexibility index (Phi) is 5.01. The van der Waals surface area contributed by atoms with Crippen molar-refractivity contribution in [2.45, 2.75) is 6.61 Å². The molecule has 3 aromatic heterocycles. The maximum Gasteiger partial charge on any atom is 0.327 e. The molecule has 1 aromatic carbocycles. The van der Waals surface area contributed by atoms with E-state index in [2.05, 4.69) is 15.4 Å². The second-order valence-electron chi connectivity index (χ2n) is 6.51. The van der Waals surface area contributed by atoms with Crippen LogP contribution < -0.4 is 19.4 Å². The summed E-state index contributed by atoms with van der Waals surface area (Å²) in [6, 6.07) is 13.5. The Bertz CT molecular complexity index is 1170. The Labute approximate surface area is 168 Å². The number of fused-ring (bicyclic) bond motifs is 1. The van der Waals surface area contributed by atoms with E-state index in [0.717, 1.165) is 28.2 Å². The predicted octanol–water partition coefficient (Wildman–Crippen LogP) is 2.47. The van der Waals surface area contributed by atoms with Crippen LogP contribution in [0.5, 0.6) is 11.6 Å². The number of pyridine rings is 2. The second-order valence-corrected chi connectivity index (χ2v) is 6.51. The van der Waals surface area contributed by atoms with Crippen molar-refractivity contribution in [1.29, 1.82) is 0 Å². The van der Waals surface area contributed by atoms with Gasteiger partial charge in [0, 0.05) is 17.8 Å². The molecule has 0 radical (unpaired) electrons. The van der Waals surface area contributed by atoms with Gasteiger partial charge in [-0.2, -0.15) is 9.67 Å². The summed E-state index contributed by atoms with van der Waals surface area (Å²) < 4.78 is 14.4. The summed E-state index contributed by atoms with van der Waals surface area (Å²) in [6.07, 6.45) is 3.43. The van der Waals surface area contributed by atoms with E-state index in [9.17, 15) is 5.11 Å². The Morgan fingerprint density at radius 2 is 1.97 bits per heavy atom. The highest BCUT2D eigenvalue weighted by Crippen LogP contribution is 2.29. The molecule has 2 N–H and O–H groups in total. The third-order valence-corrected chi connectivity index (χ3v) is 4.76. The fraction of sp³-hybridized carbons (Fsp3) is 0.190. The van der Waals surface area contributed by atoms with Crippen LogP contribution in [-0.4, -0.2) is 33.9 Å². The number of rotatable bonds is 6. The highest BCUT2D eigenvalue weighted by Gasteiger charge is 2.20. The van der Waals surface area contributed by atoms with Crippen molar-refractivity contribution < 1.29 is 19.1 Å². The van der Waals surface area contributed by atoms with Crippen LogP contribution in [0.25, 0.3) is 16.8 Å². The van der Waals surface area contributed by atoms with Crippen LogP contribution in [0.15, 0.2) is 55.0 Å². The monoisotopic (exact) mass is 392 g/mol. The summed E-state index contributed by atoms with van der Waals surface area (Å²) in [5, 5.41) is 17.2. The molecule has 8 nitrogen and oxygen atoms in total. The first-order valence-electron chi connectivity index (χ1n) is 9.06. The maximum absolute atomic E-state index is 9.45. The van der Waals surface area contributed by atoms with Crippen LogP contribution in [0.3, 0.4) is 0 Å². The van der Waals surface area contributed by atoms with Crippen molar-refractivity contribution in [3.63, 3.8) is 0 Å². The normalized spacial score (nSPS) is 10.9. The predicted molar refractivity (Wildman–Crippen MR) is 108 cm³/mol. The lowest BCUT2D eigenvalue weighted by molar-refractivity contribution is -0.662. The van der Waals surface area contributed by atoms with Crippen molar-refractivity contribution in [3.8, 4) is 22.8 Å². The van der Waals surface area contributed by atoms with E-state index in [4.69, 9.17) is 9.47 Å². The quantitative estimate of drug-likeness (QED) is 0.491. The molecule has 0 aliphatic heterocycles. The summed E-state index contributed by atoms with van der Waals surface area (Å²) in [7, 11) is 5.10. The molecule has 0 bridgehead atoms. The molecule has 0 aliphatic rings. The fourth-order valence-corrected chi connectivity index (χ4v) is 3.29. The smallest absolute Gasteiger partial charge is 0.327 e. The molecule has 3 heterocycles. The number of methoxy groups -OCH3 is 2. The average Bonchev–Trinajstić information content (AvgIpc) is 3.24. The Balaban J connectivity index is 1.81. The van der Waals surface area contributed by atoms with Crippen LogP contribution in [0, 0.1) is 0 Å². The minimum absolute atomic E-state index is 0.00794. The summed E-state index contributed by atoms with van der Waals surface area (Å²) in [5.74, 6) is 2.04. The lowest BCUT2D eigenvalue weighted by Crippen LogP contribution is -2.34. The van der Waals surface area contributed by atoms with Crippen molar-refractivity contribution >= 4 is 17.2 Å². The van der Waals surface area contributed by atoms with Gasteiger partial charge in [-0.15, -0.1) is 0 Å². The van der Waals surface area contributed by atoms with E-state index < -0.39 is 0 Å². The van der Waals surface area contributed by atoms with Gasteiger partial charge in [0.1, 0.15) is 6.33 Å². The number of aromatic nitrogens is 4. The number of ether oxygens (including phenoxy) is 2. The molecule has 0 aliphatic carbocycles. The molecule has 0 atom stereocenters. The zero-order valence-corrected chi connectivity index (χ0v) is 16.5. The molecule has 4 aromatic rings. The first kappa shape index (κ1) is 18.7. The van der Waals surface area contributed by atoms with E-state index >= 15 is 0 Å². The minimum Gasteiger partial charge on any atom is -0.490 e. The number of benzene rings is 1. The first-order valence-corrected chi connectivity index (χ1v) is 9.06. The number of anilines is 2. The molecule has 8 heteroatoms. The van der Waals surface area contributed by atoms with Gasteiger partial charge in [-0.25, -0.2) is 14.8 Å². The topological polar surface area (TPSA) is 84.8 Å². The van der Waals surface area contributed by atoms with Crippen molar-refractivity contribution in [3.05, 3.63) is 60.6 Å². The summed E-state index contributed by atoms with van der Waals surface area (Å²) >= 11 is 0. The first-order chi connectivity index (χ1) is 14.1. The van der Waals surface area contributed by atoms with Gasteiger partial charge in [0.2, 0.25) is 11.4 Å². The summed E-state index contributed by atoms with van der Waals surface area (Å²) in [5.41, 5.74) is 4.26. The highest BCUT2D eigenvalue weighted by atomic mass is 16.5. The zero-order valence-electron chi connectivity index (χ0n) is 16.5. The van der Waals surface area contributed by atoms with Crippen LogP contribution in [0.4, 0.5) is 11.5 Å². The zero-order chi connectivity index (χ0) is 20.4. The molecule has 29 heavy (non-hydrogen) atoms. The van der Waals surface area contributed by atoms with Gasteiger partial charge in [-0.05, 0) is 29.3 Å². The minimum atomic E-state index is -0.00794. The Morgan fingerprint density at radius 1 is 1.10 bits per heavy atom. The molecule has 0 saturated carbocycles. The van der Waals surface area contributed by atoms with Gasteiger partial charge in [-0.1, -0.05) is 18.2 Å². The largest absolute Gasteiger partial charge is 0.490 e. The van der Waals surface area contributed by atoms with Crippen LogP contribution in [0.1, 0.15) is 5.56 Å². The third kappa shape index (κ3) is 3.45. The van der Waals surface area contributed by atoms with E-state index in [1.807, 2.05) is 60.3 Å². The van der Waals surface area contributed by atoms with Gasteiger partial charge < -0.3 is 14.6 Å². The lowest BCUT2D eigenvalue weighted by atomic mass is 10.0. The Hall–Kier alpha value is -3.65. The van der Waals surface area contributed by atoms with Crippen molar-refractivity contribution in [2.75, 3.05) is 19.5 Å². The van der Waals surface area contributed by atoms with Crippen molar-refractivity contribution in [1.82, 2.24) is 14.6 Å². The lowest BCUT2D eigenvalue weighted by Gasteiger charge is -2.11. The van der Waals surface area contributed by atoms with Crippen LogP contribution >= 0.6 is 0 Å². The molecule has 0 unspecified atom stereocenters. The van der Waals surface area contributed by atoms with Crippen molar-refractivity contribution in [2.24, 2.45) is 7.05 Å². The standard InChI is InChI=1S/C21H21N5O3/c1-25-19(8-7-18(28-2)21(25)29-3)24-17-10-16(11-26-20(17)22-13-23-26)15-6-4-5-14(9-15)12-27/h4-11,13,27H,12H2,1-3H3/p+1. The highest BCUT2D eigenvalue weighted by molar-refractivity contribution is 5.78. The maximum atomic E-state index is 9.45. The number of nitrogens with zero attached hydrogens (tertiary/aromatic N) is 4. The van der Waals surface area contributed by atoms with Gasteiger partial charge in [0.15, 0.2) is 5.69 Å². The average molecular weight is 392 g/mol.